The molecule has 1 aliphatic carbocycles. The number of unbranched alkanes of at least 4 members (excludes halogenated alkanes) is 1. The smallest absolute Gasteiger partial charge is 0.201 e. The Morgan fingerprint density at radius 3 is 2.55 bits per heavy atom. The third-order valence-corrected chi connectivity index (χ3v) is 7.61. The highest BCUT2D eigenvalue weighted by molar-refractivity contribution is 7.21. The average Bonchev–Trinajstić information content (AvgIpc) is 2.72. The molecule has 3 aliphatic rings. The minimum atomic E-state index is 0.911. The number of hydrogen-bond donors (Lipinski definition) is 1. The average molecular weight is 410 g/mol. The first-order valence-corrected chi connectivity index (χ1v) is 11.6. The van der Waals surface area contributed by atoms with Crippen molar-refractivity contribution in [3.63, 3.8) is 0 Å². The number of hydrogen-bond acceptors (Lipinski definition) is 4. The number of likely N-dealkylation sites (N-methyl/N-ethyl adjacent to an activating group) is 1. The van der Waals surface area contributed by atoms with Gasteiger partial charge in [-0.1, -0.05) is 13.3 Å². The van der Waals surface area contributed by atoms with Crippen LogP contribution in [0.3, 0.4) is 0 Å². The molecule has 1 aromatic rings. The first kappa shape index (κ1) is 20.3. The summed E-state index contributed by atoms with van der Waals surface area (Å²) in [7, 11) is 2.20. The van der Waals surface area contributed by atoms with E-state index in [4.69, 9.17) is 10.7 Å². The number of nitrogens with zero attached hydrogens (tertiary/aromatic N) is 3. The van der Waals surface area contributed by atoms with Crippen LogP contribution in [0.25, 0.3) is 20.8 Å². The van der Waals surface area contributed by atoms with Crippen LogP contribution in [0.5, 0.6) is 0 Å². The molecule has 2 heterocycles. The lowest BCUT2D eigenvalue weighted by molar-refractivity contribution is 0.267. The minimum absolute atomic E-state index is 0.911. The van der Waals surface area contributed by atoms with E-state index in [1.807, 2.05) is 11.3 Å². The summed E-state index contributed by atoms with van der Waals surface area (Å²) in [4.78, 5) is 8.84. The Labute approximate surface area is 178 Å². The second-order valence-electron chi connectivity index (χ2n) is 8.54. The first-order valence-electron chi connectivity index (χ1n) is 10.8. The molecule has 4 rings (SSSR count). The molecule has 0 atom stereocenters. The molecular weight excluding hydrogens is 376 g/mol. The van der Waals surface area contributed by atoms with E-state index < -0.39 is 0 Å². The molecule has 0 saturated carbocycles. The highest BCUT2D eigenvalue weighted by Crippen LogP contribution is 2.39. The quantitative estimate of drug-likeness (QED) is 0.404. The maximum Gasteiger partial charge on any atom is 0.201 e. The zero-order valence-corrected chi connectivity index (χ0v) is 19.2. The van der Waals surface area contributed by atoms with Gasteiger partial charge in [-0.2, -0.15) is 0 Å². The van der Waals surface area contributed by atoms with E-state index in [0.29, 0.717) is 0 Å². The van der Waals surface area contributed by atoms with Crippen LogP contribution in [0.15, 0.2) is 12.1 Å². The van der Waals surface area contributed by atoms with E-state index in [2.05, 4.69) is 56.4 Å². The van der Waals surface area contributed by atoms with Crippen molar-refractivity contribution >= 4 is 27.2 Å². The van der Waals surface area contributed by atoms with E-state index in [0.717, 1.165) is 55.1 Å². The molecule has 2 aliphatic heterocycles. The minimum Gasteiger partial charge on any atom is -0.398 e. The monoisotopic (exact) mass is 409 g/mol. The molecule has 0 unspecified atom stereocenters. The zero-order chi connectivity index (χ0) is 20.7. The normalized spacial score (nSPS) is 15.6. The van der Waals surface area contributed by atoms with Crippen molar-refractivity contribution in [1.29, 1.82) is 0 Å². The van der Waals surface area contributed by atoms with E-state index in [9.17, 15) is 0 Å². The molecule has 0 spiro atoms. The Hall–Kier alpha value is -1.98. The van der Waals surface area contributed by atoms with Crippen molar-refractivity contribution in [2.75, 3.05) is 39.0 Å². The van der Waals surface area contributed by atoms with Crippen molar-refractivity contribution in [2.24, 2.45) is 0 Å². The Balaban J connectivity index is 1.99. The van der Waals surface area contributed by atoms with Crippen LogP contribution < -0.4 is 15.7 Å². The number of nitrogens with two attached hydrogens (primary N) is 1. The van der Waals surface area contributed by atoms with Crippen molar-refractivity contribution in [2.45, 2.75) is 47.0 Å². The van der Waals surface area contributed by atoms with E-state index in [1.165, 1.54) is 44.5 Å². The molecule has 154 valence electrons. The molecule has 0 aromatic heterocycles. The summed E-state index contributed by atoms with van der Waals surface area (Å²) in [6, 6.07) is 4.67. The predicted octanol–water partition coefficient (Wildman–Crippen LogP) is 3.97. The van der Waals surface area contributed by atoms with Gasteiger partial charge in [-0.3, -0.25) is 4.90 Å². The van der Waals surface area contributed by atoms with Gasteiger partial charge in [-0.25, -0.2) is 9.56 Å². The topological polar surface area (TPSA) is 45.2 Å². The summed E-state index contributed by atoms with van der Waals surface area (Å²) in [6.07, 6.45) is 3.45. The Morgan fingerprint density at radius 1 is 1.14 bits per heavy atom. The van der Waals surface area contributed by atoms with Gasteiger partial charge in [0, 0.05) is 17.8 Å². The van der Waals surface area contributed by atoms with Crippen molar-refractivity contribution < 1.29 is 0 Å². The SMILES string of the molecule is CCCCc1c(C)c(N)c(C)c2nc3c(C)cc(=[N+]4CCN(C)CC4)cc-3sc12. The molecule has 1 saturated heterocycles. The lowest BCUT2D eigenvalue weighted by atomic mass is 9.97. The Kier molecular flexibility index (Phi) is 5.63. The molecule has 2 N–H and O–H groups in total. The van der Waals surface area contributed by atoms with Gasteiger partial charge in [0.15, 0.2) is 13.1 Å². The molecule has 0 amide bonds. The number of aryl methyl sites for hydroxylation is 3. The highest BCUT2D eigenvalue weighted by Gasteiger charge is 2.21. The summed E-state index contributed by atoms with van der Waals surface area (Å²) in [5.41, 5.74) is 14.6. The molecule has 1 fully saturated rings. The van der Waals surface area contributed by atoms with Gasteiger partial charge in [-0.15, -0.1) is 11.3 Å². The second kappa shape index (κ2) is 8.04. The number of anilines is 1. The van der Waals surface area contributed by atoms with Gasteiger partial charge in [0.1, 0.15) is 0 Å². The summed E-state index contributed by atoms with van der Waals surface area (Å²) in [5, 5.41) is 1.33. The van der Waals surface area contributed by atoms with Crippen LogP contribution in [0, 0.1) is 20.8 Å². The van der Waals surface area contributed by atoms with Crippen LogP contribution in [0.1, 0.15) is 42.0 Å². The van der Waals surface area contributed by atoms with E-state index in [-0.39, 0.29) is 0 Å². The Bertz CT molecular complexity index is 1100. The van der Waals surface area contributed by atoms with E-state index >= 15 is 0 Å². The number of nitrogen functional groups attached to an aromatic ring is 1. The molecule has 0 radical (unpaired) electrons. The molecule has 1 aromatic carbocycles. The van der Waals surface area contributed by atoms with Crippen LogP contribution in [-0.2, 0) is 6.42 Å². The standard InChI is InChI=1S/C24H33N4S/c1-6-7-8-19-16(3)21(25)17(4)23-24(19)29-20-14-18(13-15(2)22(20)26-23)28-11-9-27(5)10-12-28/h13-14H,6-12,25H2,1-5H3/q+1. The molecule has 29 heavy (non-hydrogen) atoms. The van der Waals surface area contributed by atoms with Gasteiger partial charge in [0.2, 0.25) is 5.36 Å². The molecule has 0 bridgehead atoms. The third-order valence-electron chi connectivity index (χ3n) is 6.44. The summed E-state index contributed by atoms with van der Waals surface area (Å²) < 4.78 is 3.84. The van der Waals surface area contributed by atoms with Crippen LogP contribution in [-0.4, -0.2) is 43.1 Å². The van der Waals surface area contributed by atoms with Crippen LogP contribution in [0.2, 0.25) is 0 Å². The van der Waals surface area contributed by atoms with Gasteiger partial charge in [0.05, 0.1) is 33.9 Å². The highest BCUT2D eigenvalue weighted by atomic mass is 32.1. The lowest BCUT2D eigenvalue weighted by Gasteiger charge is -2.21. The number of benzene rings is 2. The fourth-order valence-corrected chi connectivity index (χ4v) is 5.75. The predicted molar refractivity (Wildman–Crippen MR) is 126 cm³/mol. The fraction of sp³-hybridized carbons (Fsp3) is 0.500. The zero-order valence-electron chi connectivity index (χ0n) is 18.4. The summed E-state index contributed by atoms with van der Waals surface area (Å²) in [5.74, 6) is 0. The first-order chi connectivity index (χ1) is 13.9. The third kappa shape index (κ3) is 3.66. The van der Waals surface area contributed by atoms with Gasteiger partial charge >= 0.3 is 0 Å². The largest absolute Gasteiger partial charge is 0.398 e. The Morgan fingerprint density at radius 2 is 1.86 bits per heavy atom. The van der Waals surface area contributed by atoms with Gasteiger partial charge in [-0.05, 0) is 62.9 Å². The lowest BCUT2D eigenvalue weighted by Crippen LogP contribution is -2.46. The van der Waals surface area contributed by atoms with E-state index in [1.54, 1.807) is 0 Å². The van der Waals surface area contributed by atoms with Crippen molar-refractivity contribution in [3.8, 4) is 10.6 Å². The van der Waals surface area contributed by atoms with Gasteiger partial charge < -0.3 is 5.73 Å². The number of piperazine rings is 1. The number of aromatic nitrogens is 1. The van der Waals surface area contributed by atoms with Crippen molar-refractivity contribution in [1.82, 2.24) is 14.5 Å². The van der Waals surface area contributed by atoms with Crippen molar-refractivity contribution in [3.05, 3.63) is 39.7 Å². The molecule has 5 heteroatoms. The maximum absolute atomic E-state index is 6.49. The number of rotatable bonds is 3. The molecular formula is C24H33N4S+. The van der Waals surface area contributed by atoms with Crippen LogP contribution in [0.4, 0.5) is 5.69 Å². The summed E-state index contributed by atoms with van der Waals surface area (Å²) in [6.45, 7) is 13.2. The van der Waals surface area contributed by atoms with Crippen LogP contribution >= 0.6 is 11.3 Å². The maximum atomic E-state index is 6.49. The molecule has 4 nitrogen and oxygen atoms in total. The van der Waals surface area contributed by atoms with Gasteiger partial charge in [0.25, 0.3) is 0 Å². The summed E-state index contributed by atoms with van der Waals surface area (Å²) >= 11 is 1.90. The fourth-order valence-electron chi connectivity index (χ4n) is 4.37. The number of fused-ring (bicyclic) bond motifs is 2. The second-order valence-corrected chi connectivity index (χ2v) is 9.59.